The van der Waals surface area contributed by atoms with Crippen molar-refractivity contribution in [2.24, 2.45) is 11.3 Å². The summed E-state index contributed by atoms with van der Waals surface area (Å²) in [7, 11) is 0. The molecule has 2 heteroatoms. The molecule has 0 aromatic heterocycles. The van der Waals surface area contributed by atoms with E-state index in [1.54, 1.807) is 0 Å². The lowest BCUT2D eigenvalue weighted by Gasteiger charge is -2.43. The van der Waals surface area contributed by atoms with Crippen molar-refractivity contribution in [1.29, 1.82) is 5.26 Å². The summed E-state index contributed by atoms with van der Waals surface area (Å²) in [6.45, 7) is 7.21. The van der Waals surface area contributed by atoms with E-state index < -0.39 is 0 Å². The van der Waals surface area contributed by atoms with E-state index in [9.17, 15) is 5.26 Å². The summed E-state index contributed by atoms with van der Waals surface area (Å²) in [4.78, 5) is 2.79. The largest absolute Gasteiger partial charge is 0.300 e. The Morgan fingerprint density at radius 3 is 1.93 bits per heavy atom. The van der Waals surface area contributed by atoms with Gasteiger partial charge < -0.3 is 4.90 Å². The zero-order chi connectivity index (χ0) is 20.1. The number of unbranched alkanes of at least 4 members (excludes halogenated alkanes) is 8. The first-order valence-electron chi connectivity index (χ1n) is 12.9. The summed E-state index contributed by atoms with van der Waals surface area (Å²) in [6.07, 6.45) is 24.0. The van der Waals surface area contributed by atoms with Crippen LogP contribution < -0.4 is 0 Å². The molecule has 1 saturated heterocycles. The Hall–Kier alpha value is -0.550. The third-order valence-electron chi connectivity index (χ3n) is 7.79. The monoisotopic (exact) mass is 388 g/mol. The molecule has 162 valence electrons. The average molecular weight is 389 g/mol. The van der Waals surface area contributed by atoms with Gasteiger partial charge in [-0.3, -0.25) is 0 Å². The number of hydrogen-bond donors (Lipinski definition) is 0. The highest BCUT2D eigenvalue weighted by molar-refractivity contribution is 5.03. The average Bonchev–Trinajstić information content (AvgIpc) is 2.74. The number of piperidine rings is 1. The molecule has 0 atom stereocenters. The van der Waals surface area contributed by atoms with Gasteiger partial charge in [-0.05, 0) is 64.0 Å². The van der Waals surface area contributed by atoms with Gasteiger partial charge in [0.15, 0.2) is 0 Å². The first-order chi connectivity index (χ1) is 13.7. The third-order valence-corrected chi connectivity index (χ3v) is 7.79. The predicted octanol–water partition coefficient (Wildman–Crippen LogP) is 7.87. The Labute approximate surface area is 176 Å². The van der Waals surface area contributed by atoms with E-state index in [2.05, 4.69) is 24.8 Å². The smallest absolute Gasteiger partial charge is 0.0689 e. The van der Waals surface area contributed by atoms with E-state index >= 15 is 0 Å². The molecule has 1 saturated carbocycles. The first-order valence-corrected chi connectivity index (χ1v) is 12.9. The maximum atomic E-state index is 9.85. The molecule has 2 aliphatic rings. The molecule has 2 nitrogen and oxygen atoms in total. The van der Waals surface area contributed by atoms with Crippen LogP contribution in [0.15, 0.2) is 0 Å². The van der Waals surface area contributed by atoms with Gasteiger partial charge in [0.05, 0.1) is 11.5 Å². The van der Waals surface area contributed by atoms with Gasteiger partial charge in [-0.2, -0.15) is 5.26 Å². The molecule has 0 amide bonds. The molecule has 0 aromatic rings. The lowest BCUT2D eigenvalue weighted by atomic mass is 9.70. The Morgan fingerprint density at radius 2 is 1.36 bits per heavy atom. The van der Waals surface area contributed by atoms with Gasteiger partial charge in [-0.1, -0.05) is 84.5 Å². The Balaban J connectivity index is 1.62. The molecule has 0 aromatic carbocycles. The fraction of sp³-hybridized carbons (Fsp3) is 0.962. The Morgan fingerprint density at radius 1 is 0.786 bits per heavy atom. The second-order valence-electron chi connectivity index (χ2n) is 9.97. The van der Waals surface area contributed by atoms with Crippen LogP contribution in [0.25, 0.3) is 0 Å². The molecule has 0 N–H and O–H groups in total. The molecule has 0 bridgehead atoms. The van der Waals surface area contributed by atoms with Gasteiger partial charge in [0.2, 0.25) is 0 Å². The molecule has 28 heavy (non-hydrogen) atoms. The summed E-state index contributed by atoms with van der Waals surface area (Å²) in [6, 6.07) is 3.53. The van der Waals surface area contributed by atoms with Crippen molar-refractivity contribution in [2.75, 3.05) is 13.1 Å². The predicted molar refractivity (Wildman–Crippen MR) is 121 cm³/mol. The van der Waals surface area contributed by atoms with Crippen LogP contribution in [0.2, 0.25) is 0 Å². The Kier molecular flexibility index (Phi) is 11.6. The van der Waals surface area contributed by atoms with E-state index in [0.29, 0.717) is 0 Å². The minimum Gasteiger partial charge on any atom is -0.300 e. The van der Waals surface area contributed by atoms with E-state index in [0.717, 1.165) is 31.2 Å². The van der Waals surface area contributed by atoms with Gasteiger partial charge in [-0.25, -0.2) is 0 Å². The normalized spacial score (nSPS) is 27.0. The second kappa shape index (κ2) is 13.6. The van der Waals surface area contributed by atoms with Crippen molar-refractivity contribution in [1.82, 2.24) is 4.90 Å². The maximum Gasteiger partial charge on any atom is 0.0689 e. The second-order valence-corrected chi connectivity index (χ2v) is 9.97. The molecule has 0 unspecified atom stereocenters. The summed E-state index contributed by atoms with van der Waals surface area (Å²) in [5.74, 6) is 0.989. The van der Waals surface area contributed by atoms with Crippen LogP contribution in [0.1, 0.15) is 129 Å². The van der Waals surface area contributed by atoms with Crippen LogP contribution in [-0.4, -0.2) is 24.0 Å². The van der Waals surface area contributed by atoms with E-state index in [-0.39, 0.29) is 5.41 Å². The van der Waals surface area contributed by atoms with Crippen LogP contribution in [0.3, 0.4) is 0 Å². The van der Waals surface area contributed by atoms with Crippen molar-refractivity contribution in [2.45, 2.75) is 135 Å². The van der Waals surface area contributed by atoms with Gasteiger partial charge in [-0.15, -0.1) is 0 Å². The molecule has 2 rings (SSSR count). The van der Waals surface area contributed by atoms with Gasteiger partial charge >= 0.3 is 0 Å². The summed E-state index contributed by atoms with van der Waals surface area (Å²) in [5, 5.41) is 9.85. The van der Waals surface area contributed by atoms with Gasteiger partial charge in [0.1, 0.15) is 0 Å². The van der Waals surface area contributed by atoms with E-state index in [4.69, 9.17) is 0 Å². The molecule has 1 heterocycles. The van der Waals surface area contributed by atoms with Crippen LogP contribution in [-0.2, 0) is 0 Å². The minimum atomic E-state index is 0.0134. The van der Waals surface area contributed by atoms with Gasteiger partial charge in [0, 0.05) is 6.04 Å². The molecular weight excluding hydrogens is 340 g/mol. The van der Waals surface area contributed by atoms with E-state index in [1.807, 2.05) is 0 Å². The standard InChI is InChI=1S/C26H48N2/c1-3-5-7-9-11-13-24-16-21-28(22-17-24)25-14-19-26(23-27,20-15-25)18-12-10-8-6-4-2/h24-25H,3-22H2,1-2H3. The zero-order valence-corrected chi connectivity index (χ0v) is 19.2. The van der Waals surface area contributed by atoms with Crippen LogP contribution in [0.5, 0.6) is 0 Å². The van der Waals surface area contributed by atoms with Crippen LogP contribution in [0.4, 0.5) is 0 Å². The Bertz CT molecular complexity index is 422. The number of nitriles is 1. The number of nitrogens with zero attached hydrogens (tertiary/aromatic N) is 2. The van der Waals surface area contributed by atoms with Crippen molar-refractivity contribution in [3.8, 4) is 6.07 Å². The molecule has 0 radical (unpaired) electrons. The summed E-state index contributed by atoms with van der Waals surface area (Å²) in [5.41, 5.74) is 0.0134. The lowest BCUT2D eigenvalue weighted by Crippen LogP contribution is -2.44. The summed E-state index contributed by atoms with van der Waals surface area (Å²) < 4.78 is 0. The lowest BCUT2D eigenvalue weighted by molar-refractivity contribution is 0.0754. The zero-order valence-electron chi connectivity index (χ0n) is 19.2. The van der Waals surface area contributed by atoms with Crippen LogP contribution >= 0.6 is 0 Å². The number of hydrogen-bond acceptors (Lipinski definition) is 2. The quantitative estimate of drug-likeness (QED) is 0.300. The summed E-state index contributed by atoms with van der Waals surface area (Å²) >= 11 is 0. The fourth-order valence-electron chi connectivity index (χ4n) is 5.65. The number of likely N-dealkylation sites (tertiary alicyclic amines) is 1. The van der Waals surface area contributed by atoms with Crippen molar-refractivity contribution in [3.05, 3.63) is 0 Å². The van der Waals surface area contributed by atoms with Crippen molar-refractivity contribution >= 4 is 0 Å². The topological polar surface area (TPSA) is 27.0 Å². The first kappa shape index (κ1) is 23.7. The molecule has 2 fully saturated rings. The highest BCUT2D eigenvalue weighted by Crippen LogP contribution is 2.42. The maximum absolute atomic E-state index is 9.85. The molecule has 1 aliphatic heterocycles. The molecule has 1 aliphatic carbocycles. The minimum absolute atomic E-state index is 0.0134. The fourth-order valence-corrected chi connectivity index (χ4v) is 5.65. The third kappa shape index (κ3) is 8.06. The molecule has 0 spiro atoms. The molecular formula is C26H48N2. The highest BCUT2D eigenvalue weighted by atomic mass is 15.2. The van der Waals surface area contributed by atoms with E-state index in [1.165, 1.54) is 109 Å². The highest BCUT2D eigenvalue weighted by Gasteiger charge is 2.37. The van der Waals surface area contributed by atoms with Crippen molar-refractivity contribution < 1.29 is 0 Å². The van der Waals surface area contributed by atoms with Crippen LogP contribution in [0, 0.1) is 22.7 Å². The number of rotatable bonds is 13. The van der Waals surface area contributed by atoms with Gasteiger partial charge in [0.25, 0.3) is 0 Å². The van der Waals surface area contributed by atoms with Crippen molar-refractivity contribution in [3.63, 3.8) is 0 Å². The SMILES string of the molecule is CCCCCCCC1CCN(C2CCC(C#N)(CCCCCCC)CC2)CC1.